The van der Waals surface area contributed by atoms with Crippen molar-refractivity contribution in [3.05, 3.63) is 44.9 Å². The molecule has 0 bridgehead atoms. The number of hydrogen-bond donors (Lipinski definition) is 2. The van der Waals surface area contributed by atoms with Gasteiger partial charge >= 0.3 is 0 Å². The first-order chi connectivity index (χ1) is 12.2. The summed E-state index contributed by atoms with van der Waals surface area (Å²) in [5, 5.41) is 10.5. The van der Waals surface area contributed by atoms with Gasteiger partial charge in [-0.2, -0.15) is 0 Å². The lowest BCUT2D eigenvalue weighted by Gasteiger charge is -2.12. The van der Waals surface area contributed by atoms with E-state index in [2.05, 4.69) is 39.8 Å². The fraction of sp³-hybridized carbons (Fsp3) is 0.444. The van der Waals surface area contributed by atoms with Gasteiger partial charge in [-0.15, -0.1) is 11.3 Å². The molecule has 136 valence electrons. The first-order valence-corrected chi connectivity index (χ1v) is 9.69. The molecule has 0 spiro atoms. The Hall–Kier alpha value is -1.79. The number of thiazole rings is 1. The number of aryl methyl sites for hydroxylation is 1. The van der Waals surface area contributed by atoms with Crippen LogP contribution in [-0.2, 0) is 19.4 Å². The summed E-state index contributed by atoms with van der Waals surface area (Å²) in [4.78, 5) is 9.14. The average Bonchev–Trinajstić information content (AvgIpc) is 3.09. The largest absolute Gasteiger partial charge is 0.497 e. The minimum Gasteiger partial charge on any atom is -0.497 e. The van der Waals surface area contributed by atoms with Gasteiger partial charge in [-0.05, 0) is 37.5 Å². The van der Waals surface area contributed by atoms with E-state index in [0.717, 1.165) is 58.9 Å². The van der Waals surface area contributed by atoms with Crippen molar-refractivity contribution in [2.45, 2.75) is 33.2 Å². The Morgan fingerprint density at radius 3 is 2.80 bits per heavy atom. The summed E-state index contributed by atoms with van der Waals surface area (Å²) >= 11 is 7.97. The van der Waals surface area contributed by atoms with E-state index in [0.29, 0.717) is 6.54 Å². The molecule has 0 radical (unpaired) electrons. The number of hydrogen-bond acceptors (Lipinski definition) is 4. The average molecular weight is 381 g/mol. The second-order valence-corrected chi connectivity index (χ2v) is 6.77. The van der Waals surface area contributed by atoms with Crippen molar-refractivity contribution in [1.82, 2.24) is 15.6 Å². The minimum atomic E-state index is 0.578. The highest BCUT2D eigenvalue weighted by Gasteiger charge is 2.04. The van der Waals surface area contributed by atoms with Crippen LogP contribution in [0.25, 0.3) is 0 Å². The quantitative estimate of drug-likeness (QED) is 0.542. The van der Waals surface area contributed by atoms with Crippen LogP contribution in [0.4, 0.5) is 0 Å². The molecule has 0 saturated carbocycles. The van der Waals surface area contributed by atoms with E-state index in [9.17, 15) is 0 Å². The standard InChI is InChI=1S/C18H25ClN4OS/c1-4-17-23-14(12-25-17)11-22-18(20-5-2)21-9-8-13-6-7-15(24-3)10-16(13)19/h6-7,10,12H,4-5,8-9,11H2,1-3H3,(H2,20,21,22). The topological polar surface area (TPSA) is 58.5 Å². The summed E-state index contributed by atoms with van der Waals surface area (Å²) in [6.45, 7) is 6.30. The molecule has 0 amide bonds. The molecule has 1 heterocycles. The van der Waals surface area contributed by atoms with Crippen LogP contribution in [0.15, 0.2) is 28.6 Å². The van der Waals surface area contributed by atoms with Crippen molar-refractivity contribution in [3.63, 3.8) is 0 Å². The number of guanidine groups is 1. The van der Waals surface area contributed by atoms with Crippen molar-refractivity contribution in [2.24, 2.45) is 4.99 Å². The van der Waals surface area contributed by atoms with Crippen LogP contribution < -0.4 is 15.4 Å². The van der Waals surface area contributed by atoms with E-state index in [1.165, 1.54) is 0 Å². The minimum absolute atomic E-state index is 0.578. The van der Waals surface area contributed by atoms with Gasteiger partial charge in [0, 0.05) is 23.5 Å². The van der Waals surface area contributed by atoms with Crippen LogP contribution in [0.3, 0.4) is 0 Å². The molecule has 2 rings (SSSR count). The maximum atomic E-state index is 6.28. The third-order valence-corrected chi connectivity index (χ3v) is 4.99. The normalized spacial score (nSPS) is 11.4. The third kappa shape index (κ3) is 6.21. The first kappa shape index (κ1) is 19.5. The molecule has 0 saturated heterocycles. The Bertz CT molecular complexity index is 702. The Kier molecular flexibility index (Phi) is 8.01. The number of ether oxygens (including phenoxy) is 1. The van der Waals surface area contributed by atoms with Crippen LogP contribution in [-0.4, -0.2) is 31.1 Å². The number of nitrogens with one attached hydrogen (secondary N) is 2. The first-order valence-electron chi connectivity index (χ1n) is 8.44. The maximum absolute atomic E-state index is 6.28. The van der Waals surface area contributed by atoms with Crippen LogP contribution in [0.1, 0.15) is 30.1 Å². The van der Waals surface area contributed by atoms with Gasteiger partial charge < -0.3 is 15.4 Å². The molecule has 0 aliphatic carbocycles. The van der Waals surface area contributed by atoms with Crippen molar-refractivity contribution < 1.29 is 4.74 Å². The molecule has 25 heavy (non-hydrogen) atoms. The molecule has 5 nitrogen and oxygen atoms in total. The van der Waals surface area contributed by atoms with Crippen LogP contribution in [0, 0.1) is 0 Å². The SMILES string of the molecule is CCNC(=NCc1csc(CC)n1)NCCc1ccc(OC)cc1Cl. The number of aromatic nitrogens is 1. The van der Waals surface area contributed by atoms with Gasteiger partial charge in [0.25, 0.3) is 0 Å². The lowest BCUT2D eigenvalue weighted by atomic mass is 10.1. The number of benzene rings is 1. The number of nitrogens with zero attached hydrogens (tertiary/aromatic N) is 2. The Morgan fingerprint density at radius 2 is 2.16 bits per heavy atom. The molecular formula is C18H25ClN4OS. The van der Waals surface area contributed by atoms with E-state index >= 15 is 0 Å². The monoisotopic (exact) mass is 380 g/mol. The molecule has 2 aromatic rings. The Balaban J connectivity index is 1.89. The Morgan fingerprint density at radius 1 is 1.32 bits per heavy atom. The number of methoxy groups -OCH3 is 1. The summed E-state index contributed by atoms with van der Waals surface area (Å²) in [7, 11) is 1.64. The molecule has 0 fully saturated rings. The zero-order valence-electron chi connectivity index (χ0n) is 14.9. The van der Waals surface area contributed by atoms with Gasteiger partial charge in [-0.25, -0.2) is 9.98 Å². The molecule has 7 heteroatoms. The fourth-order valence-electron chi connectivity index (χ4n) is 2.26. The lowest BCUT2D eigenvalue weighted by Crippen LogP contribution is -2.38. The van der Waals surface area contributed by atoms with Crippen molar-refractivity contribution in [2.75, 3.05) is 20.2 Å². The molecule has 0 atom stereocenters. The van der Waals surface area contributed by atoms with Gasteiger partial charge in [0.2, 0.25) is 0 Å². The predicted molar refractivity (Wildman–Crippen MR) is 106 cm³/mol. The van der Waals surface area contributed by atoms with Gasteiger partial charge in [0.15, 0.2) is 5.96 Å². The van der Waals surface area contributed by atoms with E-state index < -0.39 is 0 Å². The summed E-state index contributed by atoms with van der Waals surface area (Å²) in [6.07, 6.45) is 1.78. The molecule has 0 unspecified atom stereocenters. The fourth-order valence-corrected chi connectivity index (χ4v) is 3.26. The summed E-state index contributed by atoms with van der Waals surface area (Å²) in [5.74, 6) is 1.56. The molecular weight excluding hydrogens is 356 g/mol. The van der Waals surface area contributed by atoms with E-state index in [-0.39, 0.29) is 0 Å². The molecule has 1 aromatic heterocycles. The van der Waals surface area contributed by atoms with Gasteiger partial charge in [0.05, 0.1) is 24.4 Å². The van der Waals surface area contributed by atoms with E-state index in [1.807, 2.05) is 18.2 Å². The summed E-state index contributed by atoms with van der Waals surface area (Å²) < 4.78 is 5.17. The zero-order chi connectivity index (χ0) is 18.1. The van der Waals surface area contributed by atoms with Gasteiger partial charge in [0.1, 0.15) is 5.75 Å². The van der Waals surface area contributed by atoms with Gasteiger partial charge in [-0.3, -0.25) is 0 Å². The van der Waals surface area contributed by atoms with Crippen molar-refractivity contribution in [3.8, 4) is 5.75 Å². The highest BCUT2D eigenvalue weighted by atomic mass is 35.5. The van der Waals surface area contributed by atoms with Crippen LogP contribution in [0.5, 0.6) is 5.75 Å². The lowest BCUT2D eigenvalue weighted by molar-refractivity contribution is 0.414. The van der Waals surface area contributed by atoms with E-state index in [4.69, 9.17) is 16.3 Å². The third-order valence-electron chi connectivity index (χ3n) is 3.59. The second-order valence-electron chi connectivity index (χ2n) is 5.42. The van der Waals surface area contributed by atoms with Crippen LogP contribution >= 0.6 is 22.9 Å². The van der Waals surface area contributed by atoms with Crippen molar-refractivity contribution >= 4 is 28.9 Å². The van der Waals surface area contributed by atoms with Crippen molar-refractivity contribution in [1.29, 1.82) is 0 Å². The van der Waals surface area contributed by atoms with Gasteiger partial charge in [-0.1, -0.05) is 24.6 Å². The van der Waals surface area contributed by atoms with E-state index in [1.54, 1.807) is 18.4 Å². The highest BCUT2D eigenvalue weighted by Crippen LogP contribution is 2.22. The molecule has 2 N–H and O–H groups in total. The maximum Gasteiger partial charge on any atom is 0.191 e. The summed E-state index contributed by atoms with van der Waals surface area (Å²) in [6, 6.07) is 5.76. The highest BCUT2D eigenvalue weighted by molar-refractivity contribution is 7.09. The summed E-state index contributed by atoms with van der Waals surface area (Å²) in [5.41, 5.74) is 2.09. The second kappa shape index (κ2) is 10.3. The zero-order valence-corrected chi connectivity index (χ0v) is 16.5. The number of aliphatic imine (C=N–C) groups is 1. The molecule has 0 aliphatic heterocycles. The predicted octanol–water partition coefficient (Wildman–Crippen LogP) is 3.67. The molecule has 0 aliphatic rings. The number of rotatable bonds is 8. The number of halogens is 1. The Labute approximate surface area is 158 Å². The molecule has 1 aromatic carbocycles. The van der Waals surface area contributed by atoms with Crippen LogP contribution in [0.2, 0.25) is 5.02 Å². The smallest absolute Gasteiger partial charge is 0.191 e.